The van der Waals surface area contributed by atoms with Gasteiger partial charge >= 0.3 is 5.97 Å². The number of amides is 8. The fourth-order valence-corrected chi connectivity index (χ4v) is 8.63. The molecule has 24 nitrogen and oxygen atoms in total. The highest BCUT2D eigenvalue weighted by Crippen LogP contribution is 2.20. The van der Waals surface area contributed by atoms with Crippen LogP contribution in [-0.2, 0) is 67.3 Å². The fourth-order valence-electron chi connectivity index (χ4n) is 8.63. The van der Waals surface area contributed by atoms with Crippen LogP contribution in [0.5, 0.6) is 0 Å². The molecule has 0 unspecified atom stereocenters. The number of H-pyrrole nitrogens is 1. The number of aliphatic imine (C=N–C) groups is 1. The van der Waals surface area contributed by atoms with Crippen molar-refractivity contribution in [1.29, 1.82) is 0 Å². The highest BCUT2D eigenvalue weighted by Gasteiger charge is 2.35. The van der Waals surface area contributed by atoms with E-state index in [1.54, 1.807) is 48.7 Å². The molecule has 5 rings (SSSR count). The highest BCUT2D eigenvalue weighted by molar-refractivity contribution is 5.98. The minimum atomic E-state index is -1.45. The van der Waals surface area contributed by atoms with Crippen LogP contribution in [0.4, 0.5) is 0 Å². The van der Waals surface area contributed by atoms with E-state index in [1.807, 2.05) is 31.2 Å². The summed E-state index contributed by atoms with van der Waals surface area (Å²) in [6.07, 6.45) is 5.99. The van der Waals surface area contributed by atoms with E-state index >= 15 is 0 Å². The molecule has 8 amide bonds. The number of carbonyl (C=O) groups is 9. The second-order valence-electron chi connectivity index (χ2n) is 18.8. The number of para-hydroxylation sites is 1. The van der Waals surface area contributed by atoms with E-state index < -0.39 is 102 Å². The Labute approximate surface area is 446 Å². The standard InChI is InChI=1S/C53H72N14O10/c1-3-4-18-39(61-32(2)68)47(71)64-41-22-23-45(69)77-60-26-11-10-20-38(46(54)70)62-52(76)44(29-35-31-59-37-19-9-8-17-36(35)37)67-48(72)40(21-13-25-58-53(55)56)63-50(74)42(27-33-14-6-5-7-15-33)66-51(75)43(65-49(41)73)28-34-16-12-24-57-30-34/h5-9,12,14-17,19,24,30-31,38-44,59-60H,3-4,10-11,13,18,20-23,25-29H2,1-2H3,(H2,54,70)(H,61,68)(H,62,76)(H,63,74)(H,64,71)(H,65,73)(H,66,75)(H,67,72)(H4,55,56,58)/t38-,39-,40-,41-,42+,43-,44-/m0/s1. The summed E-state index contributed by atoms with van der Waals surface area (Å²) in [5.41, 5.74) is 22.1. The molecule has 0 radical (unpaired) electrons. The molecule has 4 aromatic rings. The summed E-state index contributed by atoms with van der Waals surface area (Å²) in [5, 5.41) is 19.8. The van der Waals surface area contributed by atoms with Gasteiger partial charge < -0.3 is 64.2 Å². The van der Waals surface area contributed by atoms with Gasteiger partial charge in [0.25, 0.3) is 0 Å². The van der Waals surface area contributed by atoms with Crippen LogP contribution in [0.15, 0.2) is 90.3 Å². The predicted molar refractivity (Wildman–Crippen MR) is 285 cm³/mol. The lowest BCUT2D eigenvalue weighted by Crippen LogP contribution is -2.60. The maximum atomic E-state index is 14.8. The molecule has 3 heterocycles. The monoisotopic (exact) mass is 1060 g/mol. The second kappa shape index (κ2) is 30.8. The van der Waals surface area contributed by atoms with Crippen LogP contribution in [0.2, 0.25) is 0 Å². The summed E-state index contributed by atoms with van der Waals surface area (Å²) in [4.78, 5) is 142. The van der Waals surface area contributed by atoms with Gasteiger partial charge in [0, 0.05) is 75.2 Å². The quantitative estimate of drug-likeness (QED) is 0.0369. The number of pyridine rings is 1. The Bertz CT molecular complexity index is 2660. The summed E-state index contributed by atoms with van der Waals surface area (Å²) >= 11 is 0. The first kappa shape index (κ1) is 59.5. The smallest absolute Gasteiger partial charge is 0.324 e. The van der Waals surface area contributed by atoms with Gasteiger partial charge in [0.15, 0.2) is 5.96 Å². The fraction of sp³-hybridized carbons (Fsp3) is 0.453. The van der Waals surface area contributed by atoms with Gasteiger partial charge in [0.05, 0.1) is 0 Å². The number of hydrogen-bond acceptors (Lipinski definition) is 13. The largest absolute Gasteiger partial charge is 0.371 e. The van der Waals surface area contributed by atoms with E-state index in [0.717, 1.165) is 10.9 Å². The molecular formula is C53H72N14O10. The van der Waals surface area contributed by atoms with Crippen LogP contribution >= 0.6 is 0 Å². The molecule has 2 aromatic heterocycles. The minimum absolute atomic E-state index is 0.0556. The summed E-state index contributed by atoms with van der Waals surface area (Å²) in [5.74, 6) is -7.10. The third-order valence-corrected chi connectivity index (χ3v) is 12.7. The molecule has 0 aliphatic carbocycles. The lowest BCUT2D eigenvalue weighted by Gasteiger charge is -2.28. The van der Waals surface area contributed by atoms with E-state index in [2.05, 4.69) is 57.7 Å². The molecule has 2 aromatic carbocycles. The summed E-state index contributed by atoms with van der Waals surface area (Å²) < 4.78 is 0. The Morgan fingerprint density at radius 3 is 2.05 bits per heavy atom. The number of nitrogens with two attached hydrogens (primary N) is 3. The van der Waals surface area contributed by atoms with E-state index in [4.69, 9.17) is 22.0 Å². The van der Waals surface area contributed by atoms with E-state index in [1.165, 1.54) is 19.3 Å². The van der Waals surface area contributed by atoms with Crippen LogP contribution in [0, 0.1) is 0 Å². The molecule has 1 aliphatic heterocycles. The number of aromatic amines is 1. The first-order valence-corrected chi connectivity index (χ1v) is 25.9. The Morgan fingerprint density at radius 2 is 1.38 bits per heavy atom. The van der Waals surface area contributed by atoms with Gasteiger partial charge in [-0.15, -0.1) is 0 Å². The van der Waals surface area contributed by atoms with Crippen molar-refractivity contribution >= 4 is 70.1 Å². The summed E-state index contributed by atoms with van der Waals surface area (Å²) in [6.45, 7) is 3.33. The van der Waals surface area contributed by atoms with Crippen molar-refractivity contribution in [2.75, 3.05) is 13.1 Å². The number of unbranched alkanes of at least 4 members (excludes halogenated alkanes) is 1. The van der Waals surface area contributed by atoms with Gasteiger partial charge in [-0.05, 0) is 73.8 Å². The molecular weight excluding hydrogens is 993 g/mol. The molecule has 7 atom stereocenters. The van der Waals surface area contributed by atoms with Crippen LogP contribution in [0.3, 0.4) is 0 Å². The van der Waals surface area contributed by atoms with Crippen LogP contribution in [-0.4, -0.2) is 125 Å². The Balaban J connectivity index is 1.55. The summed E-state index contributed by atoms with van der Waals surface area (Å²) in [7, 11) is 0. The molecule has 1 aliphatic rings. The number of primary amides is 1. The molecule has 24 heteroatoms. The number of guanidine groups is 1. The Hall–Kier alpha value is -8.41. The van der Waals surface area contributed by atoms with Gasteiger partial charge in [0.2, 0.25) is 47.3 Å². The van der Waals surface area contributed by atoms with Gasteiger partial charge in [-0.3, -0.25) is 53.1 Å². The number of hydroxylamine groups is 1. The lowest BCUT2D eigenvalue weighted by molar-refractivity contribution is -0.151. The summed E-state index contributed by atoms with van der Waals surface area (Å²) in [6, 6.07) is 10.2. The van der Waals surface area contributed by atoms with Crippen molar-refractivity contribution in [3.05, 3.63) is 102 Å². The van der Waals surface area contributed by atoms with E-state index in [9.17, 15) is 43.2 Å². The molecule has 414 valence electrons. The van der Waals surface area contributed by atoms with Crippen LogP contribution in [0.25, 0.3) is 10.9 Å². The van der Waals surface area contributed by atoms with Gasteiger partial charge in [-0.25, -0.2) is 0 Å². The van der Waals surface area contributed by atoms with Crippen molar-refractivity contribution in [3.63, 3.8) is 0 Å². The number of rotatable bonds is 17. The number of carbonyl (C=O) groups excluding carboxylic acids is 9. The minimum Gasteiger partial charge on any atom is -0.371 e. The molecule has 1 saturated heterocycles. The highest BCUT2D eigenvalue weighted by atomic mass is 16.7. The maximum absolute atomic E-state index is 14.8. The lowest BCUT2D eigenvalue weighted by atomic mass is 10.0. The van der Waals surface area contributed by atoms with Gasteiger partial charge in [-0.2, -0.15) is 5.48 Å². The van der Waals surface area contributed by atoms with Crippen molar-refractivity contribution in [2.24, 2.45) is 22.2 Å². The Morgan fingerprint density at radius 1 is 0.740 bits per heavy atom. The maximum Gasteiger partial charge on any atom is 0.324 e. The zero-order valence-electron chi connectivity index (χ0n) is 43.4. The Kier molecular flexibility index (Phi) is 23.8. The van der Waals surface area contributed by atoms with Crippen molar-refractivity contribution in [1.82, 2.24) is 52.7 Å². The van der Waals surface area contributed by atoms with E-state index in [-0.39, 0.29) is 70.4 Å². The molecule has 1 fully saturated rings. The van der Waals surface area contributed by atoms with Crippen molar-refractivity contribution in [2.45, 2.75) is 140 Å². The predicted octanol–water partition coefficient (Wildman–Crippen LogP) is -0.255. The first-order valence-electron chi connectivity index (χ1n) is 25.9. The number of hydrogen-bond donors (Lipinski definition) is 12. The third kappa shape index (κ3) is 20.0. The van der Waals surface area contributed by atoms with Crippen LogP contribution < -0.4 is 59.9 Å². The number of benzene rings is 2. The zero-order valence-corrected chi connectivity index (χ0v) is 43.4. The number of nitrogens with zero attached hydrogens (tertiary/aromatic N) is 2. The second-order valence-corrected chi connectivity index (χ2v) is 18.8. The SMILES string of the molecule is CCCC[C@H](NC(C)=O)C(=O)N[C@H]1CCC(=O)ONCCCC[C@@H](C(N)=O)NC(=O)[C@H](Cc2c[nH]c3ccccc23)NC(=O)[C@H](CCCN=C(N)N)NC(=O)[C@@H](Cc2ccccc2)NC(=O)[C@H](Cc2cccnc2)NC1=O. The zero-order chi connectivity index (χ0) is 55.7. The number of nitrogens with one attached hydrogen (secondary N) is 9. The number of aromatic nitrogens is 2. The molecule has 0 bridgehead atoms. The first-order chi connectivity index (χ1) is 37.0. The average Bonchev–Trinajstić information content (AvgIpc) is 3.81. The molecule has 77 heavy (non-hydrogen) atoms. The van der Waals surface area contributed by atoms with Crippen molar-refractivity contribution < 1.29 is 48.0 Å². The third-order valence-electron chi connectivity index (χ3n) is 12.7. The van der Waals surface area contributed by atoms with Crippen LogP contribution in [0.1, 0.15) is 94.7 Å². The van der Waals surface area contributed by atoms with E-state index in [0.29, 0.717) is 42.4 Å². The normalized spacial score (nSPS) is 21.2. The average molecular weight is 1070 g/mol. The van der Waals surface area contributed by atoms with Gasteiger partial charge in [-0.1, -0.05) is 74.4 Å². The molecule has 0 spiro atoms. The number of fused-ring (bicyclic) bond motifs is 1. The topological polar surface area (TPSA) is 378 Å². The van der Waals surface area contributed by atoms with Gasteiger partial charge in [0.1, 0.15) is 42.3 Å². The molecule has 0 saturated carbocycles. The van der Waals surface area contributed by atoms with Crippen molar-refractivity contribution in [3.8, 4) is 0 Å². The molecule has 15 N–H and O–H groups in total.